The first-order valence-electron chi connectivity index (χ1n) is 6.07. The van der Waals surface area contributed by atoms with Crippen LogP contribution in [0.1, 0.15) is 0 Å². The number of H-pyrrole nitrogens is 1. The Bertz CT molecular complexity index is 815. The quantitative estimate of drug-likeness (QED) is 0.717. The van der Waals surface area contributed by atoms with Gasteiger partial charge < -0.3 is 10.6 Å². The van der Waals surface area contributed by atoms with Crippen LogP contribution < -0.4 is 16.2 Å². The predicted octanol–water partition coefficient (Wildman–Crippen LogP) is 0.757. The molecule has 1 aromatic carbocycles. The zero-order valence-electron chi connectivity index (χ0n) is 11.2. The van der Waals surface area contributed by atoms with Crippen LogP contribution in [0.4, 0.5) is 11.6 Å². The fourth-order valence-electron chi connectivity index (χ4n) is 2.03. The van der Waals surface area contributed by atoms with Crippen LogP contribution in [0.5, 0.6) is 0 Å². The van der Waals surface area contributed by atoms with Crippen molar-refractivity contribution in [2.24, 2.45) is 0 Å². The second kappa shape index (κ2) is 4.37. The summed E-state index contributed by atoms with van der Waals surface area (Å²) >= 11 is 0. The molecule has 0 bridgehead atoms. The summed E-state index contributed by atoms with van der Waals surface area (Å²) in [6, 6.07) is 7.85. The van der Waals surface area contributed by atoms with Crippen molar-refractivity contribution in [2.75, 3.05) is 24.7 Å². The highest BCUT2D eigenvalue weighted by atomic mass is 16.1. The van der Waals surface area contributed by atoms with Crippen molar-refractivity contribution in [1.82, 2.24) is 19.5 Å². The van der Waals surface area contributed by atoms with Crippen LogP contribution >= 0.6 is 0 Å². The van der Waals surface area contributed by atoms with Gasteiger partial charge in [0.2, 0.25) is 5.95 Å². The van der Waals surface area contributed by atoms with Gasteiger partial charge in [0.25, 0.3) is 5.56 Å². The number of aromatic amines is 1. The summed E-state index contributed by atoms with van der Waals surface area (Å²) in [5, 5.41) is 0. The van der Waals surface area contributed by atoms with E-state index in [9.17, 15) is 4.79 Å². The van der Waals surface area contributed by atoms with E-state index in [1.165, 1.54) is 0 Å². The molecule has 20 heavy (non-hydrogen) atoms. The van der Waals surface area contributed by atoms with Gasteiger partial charge in [-0.15, -0.1) is 0 Å². The van der Waals surface area contributed by atoms with Crippen LogP contribution in [0, 0.1) is 0 Å². The van der Waals surface area contributed by atoms with Crippen LogP contribution in [0.15, 0.2) is 35.4 Å². The summed E-state index contributed by atoms with van der Waals surface area (Å²) in [5.41, 5.74) is 7.92. The number of hydrogen-bond acceptors (Lipinski definition) is 5. The van der Waals surface area contributed by atoms with E-state index < -0.39 is 0 Å². The fourth-order valence-corrected chi connectivity index (χ4v) is 2.03. The molecule has 0 aliphatic carbocycles. The second-order valence-corrected chi connectivity index (χ2v) is 4.65. The Morgan fingerprint density at radius 1 is 1.25 bits per heavy atom. The smallest absolute Gasteiger partial charge is 0.280 e. The molecular weight excluding hydrogens is 256 g/mol. The molecule has 102 valence electrons. The Kier molecular flexibility index (Phi) is 2.67. The van der Waals surface area contributed by atoms with Gasteiger partial charge in [0, 0.05) is 25.5 Å². The number of benzene rings is 1. The average Bonchev–Trinajstić information content (AvgIpc) is 2.82. The molecular formula is C13H14N6O. The Labute approximate surface area is 114 Å². The minimum absolute atomic E-state index is 0.0779. The Balaban J connectivity index is 2.17. The van der Waals surface area contributed by atoms with Gasteiger partial charge in [-0.1, -0.05) is 0 Å². The Morgan fingerprint density at radius 2 is 1.95 bits per heavy atom. The zero-order valence-corrected chi connectivity index (χ0v) is 11.2. The largest absolute Gasteiger partial charge is 0.378 e. The molecule has 0 aliphatic heterocycles. The van der Waals surface area contributed by atoms with Gasteiger partial charge in [-0.2, -0.15) is 4.98 Å². The van der Waals surface area contributed by atoms with Crippen molar-refractivity contribution in [3.8, 4) is 5.69 Å². The molecule has 3 aromatic rings. The van der Waals surface area contributed by atoms with Crippen LogP contribution in [0.3, 0.4) is 0 Å². The second-order valence-electron chi connectivity index (χ2n) is 4.65. The molecule has 7 heteroatoms. The summed E-state index contributed by atoms with van der Waals surface area (Å²) in [5.74, 6) is 0.0779. The van der Waals surface area contributed by atoms with Gasteiger partial charge in [0.1, 0.15) is 6.33 Å². The van der Waals surface area contributed by atoms with Crippen molar-refractivity contribution in [2.45, 2.75) is 0 Å². The normalized spacial score (nSPS) is 10.9. The summed E-state index contributed by atoms with van der Waals surface area (Å²) < 4.78 is 1.74. The molecule has 0 radical (unpaired) electrons. The summed E-state index contributed by atoms with van der Waals surface area (Å²) in [6.45, 7) is 0. The molecule has 3 N–H and O–H groups in total. The first kappa shape index (κ1) is 12.2. The zero-order chi connectivity index (χ0) is 14.3. The molecule has 2 aromatic heterocycles. The average molecular weight is 270 g/mol. The maximum atomic E-state index is 11.7. The van der Waals surface area contributed by atoms with Gasteiger partial charge >= 0.3 is 0 Å². The standard InChI is InChI=1S/C13H14N6O/c1-18(2)8-3-5-9(6-4-8)19-7-15-10-11(19)16-13(14)17-12(10)20/h3-7H,1-2H3,(H3,14,16,17,20). The Hall–Kier alpha value is -2.83. The molecule has 3 rings (SSSR count). The molecule has 0 saturated carbocycles. The summed E-state index contributed by atoms with van der Waals surface area (Å²) in [4.78, 5) is 24.4. The molecule has 0 unspecified atom stereocenters. The van der Waals surface area contributed by atoms with E-state index in [2.05, 4.69) is 15.0 Å². The van der Waals surface area contributed by atoms with Gasteiger partial charge in [-0.25, -0.2) is 4.98 Å². The van der Waals surface area contributed by atoms with Gasteiger partial charge in [0.05, 0.1) is 0 Å². The number of nitrogens with one attached hydrogen (secondary N) is 1. The van der Waals surface area contributed by atoms with Crippen LogP contribution in [-0.4, -0.2) is 33.6 Å². The number of hydrogen-bond donors (Lipinski definition) is 2. The van der Waals surface area contributed by atoms with E-state index in [-0.39, 0.29) is 17.0 Å². The maximum Gasteiger partial charge on any atom is 0.280 e. The molecule has 0 aliphatic rings. The van der Waals surface area contributed by atoms with Crippen molar-refractivity contribution in [3.05, 3.63) is 40.9 Å². The van der Waals surface area contributed by atoms with E-state index in [0.717, 1.165) is 11.4 Å². The lowest BCUT2D eigenvalue weighted by Gasteiger charge is -2.13. The number of nitrogens with zero attached hydrogens (tertiary/aromatic N) is 4. The molecule has 0 saturated heterocycles. The molecule has 2 heterocycles. The monoisotopic (exact) mass is 270 g/mol. The third-order valence-corrected chi connectivity index (χ3v) is 3.07. The third kappa shape index (κ3) is 1.89. The maximum absolute atomic E-state index is 11.7. The fraction of sp³-hybridized carbons (Fsp3) is 0.154. The van der Waals surface area contributed by atoms with E-state index in [4.69, 9.17) is 5.73 Å². The van der Waals surface area contributed by atoms with Gasteiger partial charge in [-0.05, 0) is 24.3 Å². The number of nitrogens with two attached hydrogens (primary N) is 1. The topological polar surface area (TPSA) is 92.8 Å². The minimum Gasteiger partial charge on any atom is -0.378 e. The number of imidazole rings is 1. The number of aromatic nitrogens is 4. The minimum atomic E-state index is -0.337. The van der Waals surface area contributed by atoms with E-state index in [1.807, 2.05) is 43.3 Å². The lowest BCUT2D eigenvalue weighted by atomic mass is 10.2. The first-order valence-corrected chi connectivity index (χ1v) is 6.07. The lowest BCUT2D eigenvalue weighted by molar-refractivity contribution is 1.05. The van der Waals surface area contributed by atoms with Gasteiger partial charge in [0.15, 0.2) is 11.2 Å². The van der Waals surface area contributed by atoms with Crippen molar-refractivity contribution in [3.63, 3.8) is 0 Å². The Morgan fingerprint density at radius 3 is 2.60 bits per heavy atom. The third-order valence-electron chi connectivity index (χ3n) is 3.07. The molecule has 0 fully saturated rings. The van der Waals surface area contributed by atoms with Crippen molar-refractivity contribution >= 4 is 22.8 Å². The predicted molar refractivity (Wildman–Crippen MR) is 78.2 cm³/mol. The van der Waals surface area contributed by atoms with E-state index in [1.54, 1.807) is 10.9 Å². The highest BCUT2D eigenvalue weighted by molar-refractivity contribution is 5.73. The molecule has 0 spiro atoms. The molecule has 0 atom stereocenters. The summed E-state index contributed by atoms with van der Waals surface area (Å²) in [7, 11) is 3.95. The van der Waals surface area contributed by atoms with E-state index >= 15 is 0 Å². The number of fused-ring (bicyclic) bond motifs is 1. The van der Waals surface area contributed by atoms with Crippen molar-refractivity contribution in [1.29, 1.82) is 0 Å². The lowest BCUT2D eigenvalue weighted by Crippen LogP contribution is -2.12. The van der Waals surface area contributed by atoms with Crippen LogP contribution in [0.25, 0.3) is 16.9 Å². The number of nitrogen functional groups attached to an aromatic ring is 1. The van der Waals surface area contributed by atoms with Crippen LogP contribution in [0.2, 0.25) is 0 Å². The van der Waals surface area contributed by atoms with Crippen LogP contribution in [-0.2, 0) is 0 Å². The first-order chi connectivity index (χ1) is 9.56. The molecule has 0 amide bonds. The summed E-state index contributed by atoms with van der Waals surface area (Å²) in [6.07, 6.45) is 1.57. The van der Waals surface area contributed by atoms with Crippen molar-refractivity contribution < 1.29 is 0 Å². The number of anilines is 2. The highest BCUT2D eigenvalue weighted by Gasteiger charge is 2.10. The van der Waals surface area contributed by atoms with Gasteiger partial charge in [-0.3, -0.25) is 14.3 Å². The SMILES string of the molecule is CN(C)c1ccc(-n2cnc3c(=O)[nH]c(N)nc32)cc1. The highest BCUT2D eigenvalue weighted by Crippen LogP contribution is 2.18. The van der Waals surface area contributed by atoms with E-state index in [0.29, 0.717) is 5.65 Å². The molecule has 7 nitrogen and oxygen atoms in total. The number of rotatable bonds is 2.